The second-order valence-corrected chi connectivity index (χ2v) is 6.62. The van der Waals surface area contributed by atoms with Crippen LogP contribution in [0.1, 0.15) is 42.0 Å². The first-order chi connectivity index (χ1) is 11.7. The molecule has 0 radical (unpaired) electrons. The van der Waals surface area contributed by atoms with Crippen LogP contribution in [0.4, 0.5) is 0 Å². The van der Waals surface area contributed by atoms with Gasteiger partial charge in [-0.3, -0.25) is 0 Å². The third kappa shape index (κ3) is 2.69. The smallest absolute Gasteiger partial charge is 0.359 e. The molecule has 0 N–H and O–H groups in total. The molecule has 0 aliphatic heterocycles. The number of benzene rings is 1. The van der Waals surface area contributed by atoms with Crippen molar-refractivity contribution in [3.63, 3.8) is 0 Å². The summed E-state index contributed by atoms with van der Waals surface area (Å²) in [6, 6.07) is 7.71. The third-order valence-corrected chi connectivity index (χ3v) is 4.40. The molecule has 7 heteroatoms. The predicted molar refractivity (Wildman–Crippen MR) is 92.3 cm³/mol. The van der Waals surface area contributed by atoms with Gasteiger partial charge in [-0.2, -0.15) is 5.10 Å². The van der Waals surface area contributed by atoms with E-state index in [4.69, 9.17) is 4.74 Å². The quantitative estimate of drug-likeness (QED) is 0.640. The Balaban J connectivity index is 1.93. The summed E-state index contributed by atoms with van der Waals surface area (Å²) in [5.74, 6) is 0.777. The van der Waals surface area contributed by atoms with Crippen LogP contribution in [0.25, 0.3) is 16.7 Å². The van der Waals surface area contributed by atoms with E-state index in [1.54, 1.807) is 17.8 Å². The highest BCUT2D eigenvalue weighted by Crippen LogP contribution is 2.38. The number of carbonyl (C=O) groups excluding carboxylic acids is 1. The molecule has 1 aliphatic carbocycles. The zero-order chi connectivity index (χ0) is 16.7. The van der Waals surface area contributed by atoms with Gasteiger partial charge in [-0.1, -0.05) is 22.0 Å². The molecule has 1 fully saturated rings. The van der Waals surface area contributed by atoms with E-state index in [0.717, 1.165) is 28.8 Å². The van der Waals surface area contributed by atoms with Gasteiger partial charge in [0.2, 0.25) is 0 Å². The molecular weight excluding hydrogens is 372 g/mol. The van der Waals surface area contributed by atoms with Gasteiger partial charge in [0.05, 0.1) is 17.7 Å². The fraction of sp³-hybridized carbons (Fsp3) is 0.294. The van der Waals surface area contributed by atoms with Crippen molar-refractivity contribution in [2.24, 2.45) is 0 Å². The van der Waals surface area contributed by atoms with Gasteiger partial charge in [-0.15, -0.1) is 0 Å². The molecule has 3 aromatic rings. The Morgan fingerprint density at radius 1 is 1.42 bits per heavy atom. The van der Waals surface area contributed by atoms with E-state index in [1.165, 1.54) is 0 Å². The van der Waals surface area contributed by atoms with Crippen LogP contribution in [-0.4, -0.2) is 32.3 Å². The van der Waals surface area contributed by atoms with E-state index in [0.29, 0.717) is 23.6 Å². The van der Waals surface area contributed by atoms with Gasteiger partial charge >= 0.3 is 5.97 Å². The lowest BCUT2D eigenvalue weighted by Crippen LogP contribution is -2.07. The van der Waals surface area contributed by atoms with Crippen molar-refractivity contribution in [3.8, 4) is 5.69 Å². The summed E-state index contributed by atoms with van der Waals surface area (Å²) >= 11 is 3.47. The van der Waals surface area contributed by atoms with Crippen molar-refractivity contribution < 1.29 is 9.53 Å². The lowest BCUT2D eigenvalue weighted by Gasteiger charge is -2.04. The number of fused-ring (bicyclic) bond motifs is 1. The van der Waals surface area contributed by atoms with Crippen molar-refractivity contribution in [1.29, 1.82) is 0 Å². The van der Waals surface area contributed by atoms with Crippen molar-refractivity contribution >= 4 is 32.9 Å². The molecule has 2 aromatic heterocycles. The van der Waals surface area contributed by atoms with Gasteiger partial charge in [0.1, 0.15) is 5.82 Å². The highest BCUT2D eigenvalue weighted by atomic mass is 79.9. The molecule has 0 saturated heterocycles. The first kappa shape index (κ1) is 15.3. The first-order valence-corrected chi connectivity index (χ1v) is 8.65. The van der Waals surface area contributed by atoms with Crippen molar-refractivity contribution in [2.45, 2.75) is 25.7 Å². The molecule has 0 spiro atoms. The van der Waals surface area contributed by atoms with Crippen LogP contribution in [0, 0.1) is 0 Å². The Morgan fingerprint density at radius 2 is 2.25 bits per heavy atom. The van der Waals surface area contributed by atoms with Gasteiger partial charge in [-0.25, -0.2) is 19.4 Å². The monoisotopic (exact) mass is 386 g/mol. The van der Waals surface area contributed by atoms with Crippen LogP contribution in [-0.2, 0) is 4.74 Å². The molecule has 2 heterocycles. The second kappa shape index (κ2) is 5.98. The number of carbonyl (C=O) groups is 1. The number of hydrogen-bond acceptors (Lipinski definition) is 5. The largest absolute Gasteiger partial charge is 0.461 e. The second-order valence-electron chi connectivity index (χ2n) is 5.70. The molecular formula is C17H15BrN4O2. The van der Waals surface area contributed by atoms with Gasteiger partial charge < -0.3 is 4.74 Å². The lowest BCUT2D eigenvalue weighted by atomic mass is 10.3. The number of aromatic nitrogens is 4. The topological polar surface area (TPSA) is 69.9 Å². The van der Waals surface area contributed by atoms with Gasteiger partial charge in [0.15, 0.2) is 11.3 Å². The summed E-state index contributed by atoms with van der Waals surface area (Å²) < 4.78 is 7.73. The summed E-state index contributed by atoms with van der Waals surface area (Å²) in [4.78, 5) is 21.3. The fourth-order valence-electron chi connectivity index (χ4n) is 2.59. The standard InChI is InChI=1S/C17H15BrN4O2/c1-2-24-17(23)14-13-9-19-15(10-6-7-10)20-16(13)22(21-14)12-5-3-4-11(18)8-12/h3-5,8-10H,2,6-7H2,1H3. The fourth-order valence-corrected chi connectivity index (χ4v) is 2.98. The average molecular weight is 387 g/mol. The number of halogens is 1. The predicted octanol–water partition coefficient (Wildman–Crippen LogP) is 3.63. The Hall–Kier alpha value is -2.28. The average Bonchev–Trinajstić information content (AvgIpc) is 3.35. The van der Waals surface area contributed by atoms with Crippen LogP contribution in [0.5, 0.6) is 0 Å². The molecule has 0 atom stereocenters. The summed E-state index contributed by atoms with van der Waals surface area (Å²) in [5.41, 5.74) is 1.70. The number of nitrogens with zero attached hydrogens (tertiary/aromatic N) is 4. The van der Waals surface area contributed by atoms with E-state index < -0.39 is 5.97 Å². The molecule has 1 aliphatic rings. The zero-order valence-corrected chi connectivity index (χ0v) is 14.7. The van der Waals surface area contributed by atoms with Crippen molar-refractivity contribution in [1.82, 2.24) is 19.7 Å². The number of hydrogen-bond donors (Lipinski definition) is 0. The van der Waals surface area contributed by atoms with E-state index in [-0.39, 0.29) is 5.69 Å². The number of esters is 1. The van der Waals surface area contributed by atoms with E-state index >= 15 is 0 Å². The van der Waals surface area contributed by atoms with E-state index in [1.807, 2.05) is 24.3 Å². The highest BCUT2D eigenvalue weighted by molar-refractivity contribution is 9.10. The summed E-state index contributed by atoms with van der Waals surface area (Å²) in [7, 11) is 0. The molecule has 0 amide bonds. The molecule has 6 nitrogen and oxygen atoms in total. The number of rotatable bonds is 4. The van der Waals surface area contributed by atoms with Gasteiger partial charge in [-0.05, 0) is 38.0 Å². The molecule has 122 valence electrons. The SMILES string of the molecule is CCOC(=O)c1nn(-c2cccc(Br)c2)c2nc(C3CC3)ncc12. The van der Waals surface area contributed by atoms with Crippen molar-refractivity contribution in [2.75, 3.05) is 6.61 Å². The van der Waals surface area contributed by atoms with Crippen LogP contribution in [0.15, 0.2) is 34.9 Å². The third-order valence-electron chi connectivity index (χ3n) is 3.91. The van der Waals surface area contributed by atoms with Crippen LogP contribution in [0.2, 0.25) is 0 Å². The molecule has 24 heavy (non-hydrogen) atoms. The molecule has 0 bridgehead atoms. The first-order valence-electron chi connectivity index (χ1n) is 7.86. The van der Waals surface area contributed by atoms with Crippen LogP contribution >= 0.6 is 15.9 Å². The molecule has 0 unspecified atom stereocenters. The minimum atomic E-state index is -0.459. The van der Waals surface area contributed by atoms with E-state index in [2.05, 4.69) is 31.0 Å². The lowest BCUT2D eigenvalue weighted by molar-refractivity contribution is 0.0521. The van der Waals surface area contributed by atoms with Gasteiger partial charge in [0.25, 0.3) is 0 Å². The Bertz CT molecular complexity index is 933. The van der Waals surface area contributed by atoms with E-state index in [9.17, 15) is 4.79 Å². The zero-order valence-electron chi connectivity index (χ0n) is 13.1. The Morgan fingerprint density at radius 3 is 2.96 bits per heavy atom. The maximum atomic E-state index is 12.2. The number of ether oxygens (including phenoxy) is 1. The molecule has 1 aromatic carbocycles. The summed E-state index contributed by atoms with van der Waals surface area (Å²) in [5, 5.41) is 5.07. The van der Waals surface area contributed by atoms with Crippen LogP contribution in [0.3, 0.4) is 0 Å². The Kier molecular flexibility index (Phi) is 3.80. The van der Waals surface area contributed by atoms with Gasteiger partial charge in [0, 0.05) is 16.6 Å². The Labute approximate surface area is 147 Å². The van der Waals surface area contributed by atoms with Crippen molar-refractivity contribution in [3.05, 3.63) is 46.5 Å². The summed E-state index contributed by atoms with van der Waals surface area (Å²) in [6.45, 7) is 2.07. The molecule has 4 rings (SSSR count). The maximum Gasteiger partial charge on any atom is 0.359 e. The highest BCUT2D eigenvalue weighted by Gasteiger charge is 2.28. The normalized spacial score (nSPS) is 14.1. The minimum Gasteiger partial charge on any atom is -0.461 e. The minimum absolute atomic E-state index is 0.245. The van der Waals surface area contributed by atoms with Crippen LogP contribution < -0.4 is 0 Å². The molecule has 1 saturated carbocycles. The summed E-state index contributed by atoms with van der Waals surface area (Å²) in [6.07, 6.45) is 3.91. The maximum absolute atomic E-state index is 12.2.